The van der Waals surface area contributed by atoms with Gasteiger partial charge in [0.15, 0.2) is 17.5 Å². The molecule has 0 saturated heterocycles. The third-order valence-electron chi connectivity index (χ3n) is 3.32. The van der Waals surface area contributed by atoms with Gasteiger partial charge in [0, 0.05) is 29.6 Å². The maximum absolute atomic E-state index is 13.1. The van der Waals surface area contributed by atoms with Gasteiger partial charge in [-0.15, -0.1) is 0 Å². The fraction of sp³-hybridized carbons (Fsp3) is 0. The average Bonchev–Trinajstić information content (AvgIpc) is 2.59. The zero-order valence-electron chi connectivity index (χ0n) is 12.5. The summed E-state index contributed by atoms with van der Waals surface area (Å²) >= 11 is 6.10. The number of halogens is 2. The largest absolute Gasteiger partial charge is 0.619 e. The molecule has 0 bridgehead atoms. The van der Waals surface area contributed by atoms with Gasteiger partial charge in [0.25, 0.3) is 0 Å². The lowest BCUT2D eigenvalue weighted by Gasteiger charge is -2.12. The molecule has 2 aromatic heterocycles. The average molecular weight is 342 g/mol. The molecule has 0 amide bonds. The Labute approximate surface area is 143 Å². The molecule has 0 saturated carbocycles. The second-order valence-electron chi connectivity index (χ2n) is 5.02. The molecule has 0 aliphatic carbocycles. The van der Waals surface area contributed by atoms with Gasteiger partial charge in [-0.1, -0.05) is 23.7 Å². The first-order chi connectivity index (χ1) is 11.6. The van der Waals surface area contributed by atoms with Crippen LogP contribution in [0.1, 0.15) is 11.1 Å². The number of nitrogens with zero attached hydrogens (tertiary/aromatic N) is 2. The van der Waals surface area contributed by atoms with E-state index < -0.39 is 0 Å². The Morgan fingerprint density at radius 1 is 1.12 bits per heavy atom. The molecule has 0 fully saturated rings. The fourth-order valence-corrected chi connectivity index (χ4v) is 2.30. The molecular weight excluding hydrogens is 329 g/mol. The molecule has 3 aromatic rings. The highest BCUT2D eigenvalue weighted by atomic mass is 35.5. The van der Waals surface area contributed by atoms with Crippen LogP contribution in [0.2, 0.25) is 5.15 Å². The molecule has 6 heteroatoms. The van der Waals surface area contributed by atoms with Crippen molar-refractivity contribution in [2.24, 2.45) is 0 Å². The molecule has 1 aromatic carbocycles. The lowest BCUT2D eigenvalue weighted by molar-refractivity contribution is -0.605. The second kappa shape index (κ2) is 7.10. The molecule has 1 N–H and O–H groups in total. The standard InChI is InChI=1S/C18H13ClFN3O/c19-18-16(2-1-9-21-18)22-17(14-7-10-23(24)11-8-14)12-13-3-5-15(20)6-4-13/h1-12,22H/b17-12+. The smallest absolute Gasteiger partial charge is 0.181 e. The molecule has 0 atom stereocenters. The topological polar surface area (TPSA) is 51.9 Å². The van der Waals surface area contributed by atoms with Crippen molar-refractivity contribution in [2.45, 2.75) is 0 Å². The van der Waals surface area contributed by atoms with E-state index in [2.05, 4.69) is 10.3 Å². The molecule has 0 radical (unpaired) electrons. The third-order valence-corrected chi connectivity index (χ3v) is 3.62. The van der Waals surface area contributed by atoms with Crippen molar-refractivity contribution >= 4 is 29.1 Å². The predicted molar refractivity (Wildman–Crippen MR) is 92.5 cm³/mol. The highest BCUT2D eigenvalue weighted by molar-refractivity contribution is 6.32. The van der Waals surface area contributed by atoms with Crippen LogP contribution in [0.4, 0.5) is 10.1 Å². The second-order valence-corrected chi connectivity index (χ2v) is 5.38. The summed E-state index contributed by atoms with van der Waals surface area (Å²) in [6.45, 7) is 0. The van der Waals surface area contributed by atoms with E-state index in [1.165, 1.54) is 24.5 Å². The Morgan fingerprint density at radius 3 is 2.50 bits per heavy atom. The molecule has 2 heterocycles. The molecule has 0 aliphatic rings. The monoisotopic (exact) mass is 341 g/mol. The lowest BCUT2D eigenvalue weighted by Crippen LogP contribution is -2.23. The number of pyridine rings is 2. The van der Waals surface area contributed by atoms with Gasteiger partial charge < -0.3 is 10.5 Å². The van der Waals surface area contributed by atoms with Gasteiger partial charge in [0.2, 0.25) is 0 Å². The SMILES string of the molecule is [O-][n+]1ccc(/C(=C\c2ccc(F)cc2)Nc2cccnc2Cl)cc1. The molecule has 0 aliphatic heterocycles. The van der Waals surface area contributed by atoms with Gasteiger partial charge in [0.1, 0.15) is 5.82 Å². The van der Waals surface area contributed by atoms with Crippen molar-refractivity contribution < 1.29 is 9.12 Å². The molecule has 0 unspecified atom stereocenters. The molecule has 3 rings (SSSR count). The number of nitrogens with one attached hydrogen (secondary N) is 1. The summed E-state index contributed by atoms with van der Waals surface area (Å²) in [5.74, 6) is -0.302. The number of hydrogen-bond donors (Lipinski definition) is 1. The van der Waals surface area contributed by atoms with Crippen molar-refractivity contribution in [3.05, 3.63) is 94.4 Å². The summed E-state index contributed by atoms with van der Waals surface area (Å²) < 4.78 is 13.8. The Morgan fingerprint density at radius 2 is 1.83 bits per heavy atom. The zero-order chi connectivity index (χ0) is 16.9. The molecule has 4 nitrogen and oxygen atoms in total. The molecule has 120 valence electrons. The van der Waals surface area contributed by atoms with E-state index in [-0.39, 0.29) is 5.82 Å². The normalized spacial score (nSPS) is 11.3. The van der Waals surface area contributed by atoms with Gasteiger partial charge in [-0.25, -0.2) is 9.37 Å². The van der Waals surface area contributed by atoms with E-state index in [1.54, 1.807) is 42.6 Å². The van der Waals surface area contributed by atoms with Gasteiger partial charge in [-0.05, 0) is 35.9 Å². The van der Waals surface area contributed by atoms with E-state index in [4.69, 9.17) is 11.6 Å². The Kier molecular flexibility index (Phi) is 4.72. The summed E-state index contributed by atoms with van der Waals surface area (Å²) in [7, 11) is 0. The van der Waals surface area contributed by atoms with Crippen LogP contribution < -0.4 is 10.0 Å². The van der Waals surface area contributed by atoms with Crippen LogP contribution in [0.25, 0.3) is 11.8 Å². The summed E-state index contributed by atoms with van der Waals surface area (Å²) in [4.78, 5) is 4.03. The Balaban J connectivity index is 2.01. The summed E-state index contributed by atoms with van der Waals surface area (Å²) in [5.41, 5.74) is 2.92. The van der Waals surface area contributed by atoms with Crippen molar-refractivity contribution in [2.75, 3.05) is 5.32 Å². The van der Waals surface area contributed by atoms with Crippen LogP contribution in [0.15, 0.2) is 67.1 Å². The number of aromatic nitrogens is 2. The van der Waals surface area contributed by atoms with Crippen molar-refractivity contribution in [3.63, 3.8) is 0 Å². The summed E-state index contributed by atoms with van der Waals surface area (Å²) in [5, 5.41) is 14.8. The van der Waals surface area contributed by atoms with E-state index in [9.17, 15) is 9.60 Å². The van der Waals surface area contributed by atoms with Gasteiger partial charge in [-0.2, -0.15) is 4.73 Å². The van der Waals surface area contributed by atoms with E-state index in [0.29, 0.717) is 21.3 Å². The molecule has 24 heavy (non-hydrogen) atoms. The van der Waals surface area contributed by atoms with Crippen molar-refractivity contribution in [1.82, 2.24) is 4.98 Å². The van der Waals surface area contributed by atoms with Crippen LogP contribution in [0.5, 0.6) is 0 Å². The highest BCUT2D eigenvalue weighted by Gasteiger charge is 2.07. The van der Waals surface area contributed by atoms with Crippen LogP contribution in [0, 0.1) is 11.0 Å². The molecule has 0 spiro atoms. The first-order valence-corrected chi connectivity index (χ1v) is 7.53. The number of rotatable bonds is 4. The van der Waals surface area contributed by atoms with E-state index >= 15 is 0 Å². The maximum Gasteiger partial charge on any atom is 0.181 e. The summed E-state index contributed by atoms with van der Waals surface area (Å²) in [6, 6.07) is 13.0. The maximum atomic E-state index is 13.1. The summed E-state index contributed by atoms with van der Waals surface area (Å²) in [6.07, 6.45) is 6.24. The highest BCUT2D eigenvalue weighted by Crippen LogP contribution is 2.25. The zero-order valence-corrected chi connectivity index (χ0v) is 13.2. The first-order valence-electron chi connectivity index (χ1n) is 7.16. The first kappa shape index (κ1) is 16.0. The number of benzene rings is 1. The Hall–Kier alpha value is -2.92. The molecular formula is C18H13ClFN3O. The minimum absolute atomic E-state index is 0.302. The van der Waals surface area contributed by atoms with E-state index in [0.717, 1.165) is 11.1 Å². The number of hydrogen-bond acceptors (Lipinski definition) is 3. The van der Waals surface area contributed by atoms with Crippen LogP contribution >= 0.6 is 11.6 Å². The quantitative estimate of drug-likeness (QED) is 0.441. The van der Waals surface area contributed by atoms with Crippen molar-refractivity contribution in [3.8, 4) is 0 Å². The third kappa shape index (κ3) is 3.88. The van der Waals surface area contributed by atoms with Gasteiger partial charge in [-0.3, -0.25) is 0 Å². The lowest BCUT2D eigenvalue weighted by atomic mass is 10.1. The van der Waals surface area contributed by atoms with Crippen molar-refractivity contribution in [1.29, 1.82) is 0 Å². The minimum Gasteiger partial charge on any atom is -0.619 e. The fourth-order valence-electron chi connectivity index (χ4n) is 2.13. The van der Waals surface area contributed by atoms with Crippen LogP contribution in [-0.4, -0.2) is 4.98 Å². The minimum atomic E-state index is -0.302. The van der Waals surface area contributed by atoms with Gasteiger partial charge in [0.05, 0.1) is 5.69 Å². The van der Waals surface area contributed by atoms with Gasteiger partial charge >= 0.3 is 0 Å². The Bertz CT molecular complexity index is 864. The van der Waals surface area contributed by atoms with E-state index in [1.807, 2.05) is 6.08 Å². The van der Waals surface area contributed by atoms with Crippen LogP contribution in [0.3, 0.4) is 0 Å². The van der Waals surface area contributed by atoms with Crippen LogP contribution in [-0.2, 0) is 0 Å². The predicted octanol–water partition coefficient (Wildman–Crippen LogP) is 4.12. The number of anilines is 1.